The maximum absolute atomic E-state index is 12.6. The van der Waals surface area contributed by atoms with E-state index in [0.29, 0.717) is 45.0 Å². The van der Waals surface area contributed by atoms with E-state index in [1.54, 1.807) is 23.7 Å². The first-order valence-corrected chi connectivity index (χ1v) is 11.0. The summed E-state index contributed by atoms with van der Waals surface area (Å²) in [5.41, 5.74) is 1.19. The second kappa shape index (κ2) is 9.49. The molecule has 0 saturated carbocycles. The number of thiophene rings is 1. The van der Waals surface area contributed by atoms with Crippen LogP contribution < -0.4 is 5.32 Å². The molecule has 3 heterocycles. The van der Waals surface area contributed by atoms with Gasteiger partial charge in [-0.2, -0.15) is 0 Å². The molecule has 0 aliphatic carbocycles. The lowest BCUT2D eigenvalue weighted by Gasteiger charge is -2.34. The van der Waals surface area contributed by atoms with Crippen LogP contribution in [0.5, 0.6) is 0 Å². The molecule has 0 radical (unpaired) electrons. The molecule has 0 atom stereocenters. The smallest absolute Gasteiger partial charge is 0.234 e. The zero-order chi connectivity index (χ0) is 20.1. The molecule has 1 aliphatic heterocycles. The van der Waals surface area contributed by atoms with E-state index >= 15 is 0 Å². The van der Waals surface area contributed by atoms with Gasteiger partial charge >= 0.3 is 0 Å². The Kier molecular flexibility index (Phi) is 7.03. The third kappa shape index (κ3) is 4.89. The fraction of sp³-hybridized carbons (Fsp3) is 0.474. The number of hydrogen-bond acceptors (Lipinski definition) is 7. The van der Waals surface area contributed by atoms with Gasteiger partial charge in [-0.3, -0.25) is 14.5 Å². The molecule has 2 amide bonds. The lowest BCUT2D eigenvalue weighted by atomic mass is 10.2. The molecule has 0 unspecified atom stereocenters. The van der Waals surface area contributed by atoms with Crippen molar-refractivity contribution in [2.75, 3.05) is 45.0 Å². The highest BCUT2D eigenvalue weighted by molar-refractivity contribution is 8.00. The number of carbonyl (C=O) groups excluding carboxylic acids is 2. The molecule has 0 aromatic carbocycles. The van der Waals surface area contributed by atoms with Gasteiger partial charge in [-0.05, 0) is 19.4 Å². The van der Waals surface area contributed by atoms with Gasteiger partial charge in [-0.25, -0.2) is 9.97 Å². The zero-order valence-electron chi connectivity index (χ0n) is 16.2. The Hall–Kier alpha value is -1.97. The number of rotatable bonds is 7. The van der Waals surface area contributed by atoms with Crippen LogP contribution in [0.15, 0.2) is 24.0 Å². The van der Waals surface area contributed by atoms with E-state index in [1.807, 2.05) is 4.90 Å². The van der Waals surface area contributed by atoms with Gasteiger partial charge in [0.2, 0.25) is 11.8 Å². The summed E-state index contributed by atoms with van der Waals surface area (Å²) in [6.07, 6.45) is 3.23. The maximum atomic E-state index is 12.6. The van der Waals surface area contributed by atoms with Crippen LogP contribution in [0.3, 0.4) is 0 Å². The standard InChI is InChI=1S/C19H25N5O2S2/c1-4-5-20-15(25)10-23-6-8-24(9-7-23)16(26)11-27-18-17-13(2)14(3)28-19(17)22-12-21-18/h4,12H,1,5-11H2,2-3H3,(H,20,25). The summed E-state index contributed by atoms with van der Waals surface area (Å²) in [6.45, 7) is 11.3. The average Bonchev–Trinajstić information content (AvgIpc) is 2.99. The van der Waals surface area contributed by atoms with Crippen molar-refractivity contribution in [3.8, 4) is 0 Å². The minimum atomic E-state index is -0.00978. The Morgan fingerprint density at radius 3 is 2.75 bits per heavy atom. The van der Waals surface area contributed by atoms with Gasteiger partial charge in [0.05, 0.1) is 12.3 Å². The summed E-state index contributed by atoms with van der Waals surface area (Å²) >= 11 is 3.14. The van der Waals surface area contributed by atoms with Crippen molar-refractivity contribution in [2.45, 2.75) is 18.9 Å². The third-order valence-electron chi connectivity index (χ3n) is 4.80. The first-order valence-electron chi connectivity index (χ1n) is 9.20. The second-order valence-corrected chi connectivity index (χ2v) is 8.85. The number of fused-ring (bicyclic) bond motifs is 1. The largest absolute Gasteiger partial charge is 0.352 e. The van der Waals surface area contributed by atoms with Crippen molar-refractivity contribution >= 4 is 45.1 Å². The zero-order valence-corrected chi connectivity index (χ0v) is 17.9. The lowest BCUT2D eigenvalue weighted by molar-refractivity contribution is -0.130. The highest BCUT2D eigenvalue weighted by Gasteiger charge is 2.23. The molecule has 3 rings (SSSR count). The van der Waals surface area contributed by atoms with Crippen LogP contribution in [-0.2, 0) is 9.59 Å². The van der Waals surface area contributed by atoms with Gasteiger partial charge in [-0.15, -0.1) is 17.9 Å². The Labute approximate surface area is 173 Å². The Bertz CT molecular complexity index is 875. The predicted octanol–water partition coefficient (Wildman–Crippen LogP) is 1.85. The number of nitrogens with one attached hydrogen (secondary N) is 1. The summed E-state index contributed by atoms with van der Waals surface area (Å²) in [7, 11) is 0. The molecule has 2 aromatic rings. The van der Waals surface area contributed by atoms with Gasteiger partial charge < -0.3 is 10.2 Å². The Balaban J connectivity index is 1.50. The van der Waals surface area contributed by atoms with E-state index in [2.05, 4.69) is 40.6 Å². The lowest BCUT2D eigenvalue weighted by Crippen LogP contribution is -2.51. The fourth-order valence-corrected chi connectivity index (χ4v) is 5.10. The number of thioether (sulfide) groups is 1. The van der Waals surface area contributed by atoms with Crippen molar-refractivity contribution in [3.05, 3.63) is 29.4 Å². The van der Waals surface area contributed by atoms with Crippen LogP contribution in [0, 0.1) is 13.8 Å². The number of aromatic nitrogens is 2. The molecule has 150 valence electrons. The van der Waals surface area contributed by atoms with E-state index in [4.69, 9.17) is 0 Å². The van der Waals surface area contributed by atoms with Crippen LogP contribution in [0.4, 0.5) is 0 Å². The molecule has 1 N–H and O–H groups in total. The third-order valence-corrected chi connectivity index (χ3v) is 6.89. The average molecular weight is 420 g/mol. The van der Waals surface area contributed by atoms with Crippen LogP contribution in [0.2, 0.25) is 0 Å². The van der Waals surface area contributed by atoms with Crippen molar-refractivity contribution in [1.82, 2.24) is 25.1 Å². The molecule has 1 saturated heterocycles. The van der Waals surface area contributed by atoms with E-state index in [0.717, 1.165) is 15.2 Å². The number of hydrogen-bond donors (Lipinski definition) is 1. The van der Waals surface area contributed by atoms with E-state index < -0.39 is 0 Å². The van der Waals surface area contributed by atoms with Crippen molar-refractivity contribution in [3.63, 3.8) is 0 Å². The topological polar surface area (TPSA) is 78.4 Å². The fourth-order valence-electron chi connectivity index (χ4n) is 3.08. The Morgan fingerprint density at radius 2 is 2.04 bits per heavy atom. The van der Waals surface area contributed by atoms with Gasteiger partial charge in [0.15, 0.2) is 0 Å². The van der Waals surface area contributed by atoms with E-state index in [9.17, 15) is 9.59 Å². The summed E-state index contributed by atoms with van der Waals surface area (Å²) in [5, 5.41) is 4.72. The number of carbonyl (C=O) groups is 2. The molecule has 1 aliphatic rings. The Morgan fingerprint density at radius 1 is 1.29 bits per heavy atom. The minimum absolute atomic E-state index is 0.00978. The monoisotopic (exact) mass is 419 g/mol. The van der Waals surface area contributed by atoms with Crippen LogP contribution in [-0.4, -0.2) is 76.6 Å². The molecular formula is C19H25N5O2S2. The minimum Gasteiger partial charge on any atom is -0.352 e. The molecule has 1 fully saturated rings. The highest BCUT2D eigenvalue weighted by atomic mass is 32.2. The van der Waals surface area contributed by atoms with Crippen LogP contribution >= 0.6 is 23.1 Å². The normalized spacial score (nSPS) is 15.0. The molecule has 2 aromatic heterocycles. The van der Waals surface area contributed by atoms with Crippen LogP contribution in [0.25, 0.3) is 10.2 Å². The highest BCUT2D eigenvalue weighted by Crippen LogP contribution is 2.34. The molecular weight excluding hydrogens is 394 g/mol. The first-order chi connectivity index (χ1) is 13.5. The van der Waals surface area contributed by atoms with Crippen molar-refractivity contribution in [2.24, 2.45) is 0 Å². The van der Waals surface area contributed by atoms with Gasteiger partial charge in [0, 0.05) is 43.0 Å². The molecule has 0 spiro atoms. The number of nitrogens with zero attached hydrogens (tertiary/aromatic N) is 4. The van der Waals surface area contributed by atoms with E-state index in [1.165, 1.54) is 22.2 Å². The van der Waals surface area contributed by atoms with Crippen LogP contribution in [0.1, 0.15) is 10.4 Å². The predicted molar refractivity (Wildman–Crippen MR) is 114 cm³/mol. The van der Waals surface area contributed by atoms with E-state index in [-0.39, 0.29) is 11.8 Å². The summed E-state index contributed by atoms with van der Waals surface area (Å²) in [5.74, 6) is 0.460. The van der Waals surface area contributed by atoms with Gasteiger partial charge in [-0.1, -0.05) is 17.8 Å². The van der Waals surface area contributed by atoms with Crippen molar-refractivity contribution in [1.29, 1.82) is 0 Å². The quantitative estimate of drug-likeness (QED) is 0.419. The molecule has 9 heteroatoms. The summed E-state index contributed by atoms with van der Waals surface area (Å²) in [4.78, 5) is 39.3. The second-order valence-electron chi connectivity index (χ2n) is 6.68. The number of piperazine rings is 1. The number of aryl methyl sites for hydroxylation is 2. The van der Waals surface area contributed by atoms with Gasteiger partial charge in [0.1, 0.15) is 16.2 Å². The molecule has 7 nitrogen and oxygen atoms in total. The summed E-state index contributed by atoms with van der Waals surface area (Å²) in [6, 6.07) is 0. The molecule has 0 bridgehead atoms. The first kappa shape index (κ1) is 20.8. The maximum Gasteiger partial charge on any atom is 0.234 e. The number of amides is 2. The van der Waals surface area contributed by atoms with Gasteiger partial charge in [0.25, 0.3) is 0 Å². The SMILES string of the molecule is C=CCNC(=O)CN1CCN(C(=O)CSc2ncnc3sc(C)c(C)c23)CC1. The molecule has 28 heavy (non-hydrogen) atoms. The summed E-state index contributed by atoms with van der Waals surface area (Å²) < 4.78 is 0. The van der Waals surface area contributed by atoms with Crippen molar-refractivity contribution < 1.29 is 9.59 Å².